The highest BCUT2D eigenvalue weighted by Crippen LogP contribution is 2.25. The summed E-state index contributed by atoms with van der Waals surface area (Å²) < 4.78 is 0.868. The zero-order valence-electron chi connectivity index (χ0n) is 12.6. The van der Waals surface area contributed by atoms with Crippen LogP contribution in [-0.4, -0.2) is 23.1 Å². The molecular weight excluding hydrogens is 426 g/mol. The maximum Gasteiger partial charge on any atom is 0.251 e. The van der Waals surface area contributed by atoms with Gasteiger partial charge in [-0.1, -0.05) is 39.7 Å². The standard InChI is InChI=1S/C17H11BrClN3O2S/c18-10-5-7-11(8-6-10)22-16(24)12(15(23)21-17(22)25)9-20-14-4-2-1-3-13(14)19/h1-9,12H,(H,21,23,25)/t12-/m0/s1. The molecule has 1 saturated heterocycles. The van der Waals surface area contributed by atoms with Crippen LogP contribution >= 0.6 is 39.7 Å². The van der Waals surface area contributed by atoms with Crippen molar-refractivity contribution in [3.8, 4) is 0 Å². The summed E-state index contributed by atoms with van der Waals surface area (Å²) in [5.41, 5.74) is 1.04. The molecule has 2 aromatic rings. The number of carbonyl (C=O) groups is 2. The topological polar surface area (TPSA) is 61.8 Å². The second kappa shape index (κ2) is 7.43. The normalized spacial score (nSPS) is 17.9. The number of amides is 2. The third-order valence-corrected chi connectivity index (χ3v) is 4.64. The predicted molar refractivity (Wildman–Crippen MR) is 105 cm³/mol. The maximum atomic E-state index is 12.8. The van der Waals surface area contributed by atoms with Gasteiger partial charge in [0.05, 0.1) is 16.4 Å². The van der Waals surface area contributed by atoms with Crippen LogP contribution in [0.2, 0.25) is 5.02 Å². The highest BCUT2D eigenvalue weighted by atomic mass is 79.9. The molecule has 0 bridgehead atoms. The molecule has 0 aromatic heterocycles. The monoisotopic (exact) mass is 435 g/mol. The lowest BCUT2D eigenvalue weighted by molar-refractivity contribution is -0.130. The van der Waals surface area contributed by atoms with Crippen LogP contribution in [0.4, 0.5) is 11.4 Å². The number of nitrogens with one attached hydrogen (secondary N) is 1. The first kappa shape index (κ1) is 17.7. The Morgan fingerprint density at radius 1 is 1.16 bits per heavy atom. The van der Waals surface area contributed by atoms with Gasteiger partial charge in [-0.2, -0.15) is 0 Å². The molecule has 0 saturated carbocycles. The smallest absolute Gasteiger partial charge is 0.251 e. The molecular formula is C17H11BrClN3O2S. The van der Waals surface area contributed by atoms with Gasteiger partial charge in [0, 0.05) is 10.7 Å². The van der Waals surface area contributed by atoms with Crippen molar-refractivity contribution in [2.75, 3.05) is 4.90 Å². The number of aliphatic imine (C=N–C) groups is 1. The molecule has 1 aliphatic heterocycles. The number of nitrogens with zero attached hydrogens (tertiary/aromatic N) is 2. The largest absolute Gasteiger partial charge is 0.301 e. The van der Waals surface area contributed by atoms with Crippen LogP contribution < -0.4 is 10.2 Å². The van der Waals surface area contributed by atoms with E-state index in [9.17, 15) is 9.59 Å². The van der Waals surface area contributed by atoms with E-state index in [1.165, 1.54) is 11.1 Å². The van der Waals surface area contributed by atoms with Gasteiger partial charge < -0.3 is 5.32 Å². The number of benzene rings is 2. The van der Waals surface area contributed by atoms with Gasteiger partial charge in [0.25, 0.3) is 5.91 Å². The molecule has 1 N–H and O–H groups in total. The van der Waals surface area contributed by atoms with Crippen molar-refractivity contribution >= 4 is 74.3 Å². The fraction of sp³-hybridized carbons (Fsp3) is 0.0588. The highest BCUT2D eigenvalue weighted by molar-refractivity contribution is 9.10. The summed E-state index contributed by atoms with van der Waals surface area (Å²) in [7, 11) is 0. The van der Waals surface area contributed by atoms with E-state index in [-0.39, 0.29) is 5.11 Å². The molecule has 2 amide bonds. The summed E-state index contributed by atoms with van der Waals surface area (Å²) in [4.78, 5) is 30.4. The van der Waals surface area contributed by atoms with Crippen LogP contribution in [0, 0.1) is 5.92 Å². The number of carbonyl (C=O) groups excluding carboxylic acids is 2. The van der Waals surface area contributed by atoms with Crippen molar-refractivity contribution < 1.29 is 9.59 Å². The quantitative estimate of drug-likeness (QED) is 0.451. The zero-order valence-corrected chi connectivity index (χ0v) is 15.8. The lowest BCUT2D eigenvalue weighted by Crippen LogP contribution is -2.58. The van der Waals surface area contributed by atoms with E-state index < -0.39 is 17.7 Å². The van der Waals surface area contributed by atoms with Crippen LogP contribution in [-0.2, 0) is 9.59 Å². The van der Waals surface area contributed by atoms with Crippen molar-refractivity contribution in [3.05, 3.63) is 58.0 Å². The summed E-state index contributed by atoms with van der Waals surface area (Å²) in [6.07, 6.45) is 1.28. The molecule has 0 unspecified atom stereocenters. The van der Waals surface area contributed by atoms with Crippen molar-refractivity contribution in [1.29, 1.82) is 0 Å². The average Bonchev–Trinajstić information content (AvgIpc) is 2.57. The zero-order chi connectivity index (χ0) is 18.0. The molecule has 0 aliphatic carbocycles. The third-order valence-electron chi connectivity index (χ3n) is 3.50. The van der Waals surface area contributed by atoms with Crippen LogP contribution in [0.3, 0.4) is 0 Å². The summed E-state index contributed by atoms with van der Waals surface area (Å²) >= 11 is 14.5. The van der Waals surface area contributed by atoms with E-state index in [0.29, 0.717) is 16.4 Å². The SMILES string of the molecule is O=C1NC(=S)N(c2ccc(Br)cc2)C(=O)[C@H]1C=Nc1ccccc1Cl. The van der Waals surface area contributed by atoms with Gasteiger partial charge in [-0.05, 0) is 48.6 Å². The molecule has 25 heavy (non-hydrogen) atoms. The second-order valence-corrected chi connectivity index (χ2v) is 6.86. The fourth-order valence-corrected chi connectivity index (χ4v) is 3.01. The molecule has 1 fully saturated rings. The molecule has 1 heterocycles. The van der Waals surface area contributed by atoms with Gasteiger partial charge in [0.2, 0.25) is 5.91 Å². The molecule has 2 aromatic carbocycles. The van der Waals surface area contributed by atoms with E-state index in [4.69, 9.17) is 23.8 Å². The van der Waals surface area contributed by atoms with E-state index in [2.05, 4.69) is 26.2 Å². The number of hydrogen-bond donors (Lipinski definition) is 1. The Morgan fingerprint density at radius 3 is 2.52 bits per heavy atom. The first-order valence-electron chi connectivity index (χ1n) is 7.20. The lowest BCUT2D eigenvalue weighted by atomic mass is 10.1. The van der Waals surface area contributed by atoms with Gasteiger partial charge in [-0.3, -0.25) is 19.5 Å². The molecule has 0 spiro atoms. The fourth-order valence-electron chi connectivity index (χ4n) is 2.27. The van der Waals surface area contributed by atoms with Crippen molar-refractivity contribution in [2.24, 2.45) is 10.9 Å². The summed E-state index contributed by atoms with van der Waals surface area (Å²) in [5, 5.41) is 3.01. The molecule has 1 atom stereocenters. The van der Waals surface area contributed by atoms with Crippen LogP contribution in [0.15, 0.2) is 58.0 Å². The number of para-hydroxylation sites is 1. The van der Waals surface area contributed by atoms with E-state index in [1.807, 2.05) is 0 Å². The number of thiocarbonyl (C=S) groups is 1. The molecule has 1 aliphatic rings. The van der Waals surface area contributed by atoms with Crippen molar-refractivity contribution in [3.63, 3.8) is 0 Å². The molecule has 5 nitrogen and oxygen atoms in total. The summed E-state index contributed by atoms with van der Waals surface area (Å²) in [6.45, 7) is 0. The van der Waals surface area contributed by atoms with Crippen LogP contribution in [0.25, 0.3) is 0 Å². The molecule has 3 rings (SSSR count). The van der Waals surface area contributed by atoms with Gasteiger partial charge in [-0.15, -0.1) is 0 Å². The Bertz CT molecular complexity index is 886. The number of halogens is 2. The Hall–Kier alpha value is -2.09. The van der Waals surface area contributed by atoms with E-state index in [1.54, 1.807) is 48.5 Å². The molecule has 8 heteroatoms. The number of rotatable bonds is 3. The predicted octanol–water partition coefficient (Wildman–Crippen LogP) is 3.87. The van der Waals surface area contributed by atoms with Gasteiger partial charge in [-0.25, -0.2) is 0 Å². The minimum atomic E-state index is -1.09. The van der Waals surface area contributed by atoms with Gasteiger partial charge >= 0.3 is 0 Å². The minimum Gasteiger partial charge on any atom is -0.301 e. The Kier molecular flexibility index (Phi) is 5.27. The Morgan fingerprint density at radius 2 is 1.84 bits per heavy atom. The minimum absolute atomic E-state index is 0.0414. The highest BCUT2D eigenvalue weighted by Gasteiger charge is 2.38. The molecule has 0 radical (unpaired) electrons. The van der Waals surface area contributed by atoms with E-state index >= 15 is 0 Å². The molecule has 126 valence electrons. The first-order chi connectivity index (χ1) is 12.0. The van der Waals surface area contributed by atoms with Crippen molar-refractivity contribution in [2.45, 2.75) is 0 Å². The van der Waals surface area contributed by atoms with E-state index in [0.717, 1.165) is 4.47 Å². The van der Waals surface area contributed by atoms with Gasteiger partial charge in [0.1, 0.15) is 0 Å². The number of anilines is 1. The lowest BCUT2D eigenvalue weighted by Gasteiger charge is -2.30. The Labute approximate surface area is 162 Å². The summed E-state index contributed by atoms with van der Waals surface area (Å²) in [5.74, 6) is -2.07. The van der Waals surface area contributed by atoms with Gasteiger partial charge in [0.15, 0.2) is 11.0 Å². The number of hydrogen-bond acceptors (Lipinski definition) is 4. The summed E-state index contributed by atoms with van der Waals surface area (Å²) in [6, 6.07) is 13.9. The maximum absolute atomic E-state index is 12.8. The van der Waals surface area contributed by atoms with Crippen LogP contribution in [0.5, 0.6) is 0 Å². The second-order valence-electron chi connectivity index (χ2n) is 5.15. The van der Waals surface area contributed by atoms with Crippen molar-refractivity contribution in [1.82, 2.24) is 5.32 Å². The first-order valence-corrected chi connectivity index (χ1v) is 8.78. The van der Waals surface area contributed by atoms with Crippen LogP contribution in [0.1, 0.15) is 0 Å². The average molecular weight is 437 g/mol. The Balaban J connectivity index is 1.90. The third kappa shape index (κ3) is 3.78.